The maximum Gasteiger partial charge on any atom is 0.332 e. The third-order valence-corrected chi connectivity index (χ3v) is 6.11. The second-order valence-electron chi connectivity index (χ2n) is 8.25. The quantitative estimate of drug-likeness (QED) is 0.506. The van der Waals surface area contributed by atoms with E-state index in [0.717, 1.165) is 30.3 Å². The van der Waals surface area contributed by atoms with Gasteiger partial charge >= 0.3 is 5.69 Å². The molecule has 0 amide bonds. The van der Waals surface area contributed by atoms with E-state index in [0.29, 0.717) is 36.0 Å². The third-order valence-electron chi connectivity index (χ3n) is 6.11. The summed E-state index contributed by atoms with van der Waals surface area (Å²) in [5.41, 5.74) is 6.90. The van der Waals surface area contributed by atoms with Crippen LogP contribution in [-0.4, -0.2) is 47.8 Å². The van der Waals surface area contributed by atoms with Gasteiger partial charge in [0.25, 0.3) is 5.56 Å². The van der Waals surface area contributed by atoms with E-state index < -0.39 is 5.69 Å². The fourth-order valence-corrected chi connectivity index (χ4v) is 4.46. The maximum absolute atomic E-state index is 13.5. The molecule has 1 aliphatic heterocycles. The van der Waals surface area contributed by atoms with E-state index in [1.54, 1.807) is 13.2 Å². The van der Waals surface area contributed by atoms with Crippen LogP contribution in [-0.2, 0) is 20.1 Å². The number of para-hydroxylation sites is 1. The molecule has 0 saturated carbocycles. The second kappa shape index (κ2) is 7.86. The summed E-state index contributed by atoms with van der Waals surface area (Å²) < 4.78 is 4.50. The Kier molecular flexibility index (Phi) is 5.01. The van der Waals surface area contributed by atoms with Crippen LogP contribution in [0.4, 0.5) is 5.95 Å². The van der Waals surface area contributed by atoms with E-state index in [9.17, 15) is 9.59 Å². The molecule has 166 valence electrons. The second-order valence-corrected chi connectivity index (χ2v) is 8.25. The van der Waals surface area contributed by atoms with Crippen LogP contribution in [0.15, 0.2) is 40.1 Å². The third kappa shape index (κ3) is 3.27. The van der Waals surface area contributed by atoms with Crippen molar-refractivity contribution in [1.29, 1.82) is 0 Å². The lowest BCUT2D eigenvalue weighted by Gasteiger charge is -2.31. The van der Waals surface area contributed by atoms with Crippen LogP contribution in [0.25, 0.3) is 22.1 Å². The summed E-state index contributed by atoms with van der Waals surface area (Å²) in [5, 5.41) is 0.903. The Morgan fingerprint density at radius 2 is 1.97 bits per heavy atom. The summed E-state index contributed by atoms with van der Waals surface area (Å²) in [6.07, 6.45) is 3.65. The molecule has 0 radical (unpaired) electrons. The van der Waals surface area contributed by atoms with Gasteiger partial charge in [-0.3, -0.25) is 13.9 Å². The van der Waals surface area contributed by atoms with E-state index in [1.165, 1.54) is 9.13 Å². The summed E-state index contributed by atoms with van der Waals surface area (Å²) in [6, 6.07) is 7.68. The minimum atomic E-state index is -0.443. The lowest BCUT2D eigenvalue weighted by molar-refractivity contribution is 0.494. The number of aromatic nitrogens is 6. The van der Waals surface area contributed by atoms with Crippen LogP contribution in [0.3, 0.4) is 0 Å². The first kappa shape index (κ1) is 20.4. The van der Waals surface area contributed by atoms with Crippen LogP contribution in [0.1, 0.15) is 25.6 Å². The number of hydrogen-bond acceptors (Lipinski definition) is 7. The molecule has 1 aliphatic rings. The molecule has 5 rings (SSSR count). The Balaban J connectivity index is 1.65. The van der Waals surface area contributed by atoms with Gasteiger partial charge in [-0.2, -0.15) is 4.98 Å². The zero-order valence-electron chi connectivity index (χ0n) is 18.2. The molecule has 4 aromatic rings. The Labute approximate surface area is 183 Å². The highest BCUT2D eigenvalue weighted by Gasteiger charge is 2.25. The van der Waals surface area contributed by atoms with Crippen molar-refractivity contribution in [2.45, 2.75) is 38.9 Å². The van der Waals surface area contributed by atoms with Gasteiger partial charge in [0.15, 0.2) is 11.2 Å². The Morgan fingerprint density at radius 1 is 1.16 bits per heavy atom. The van der Waals surface area contributed by atoms with Crippen LogP contribution in [0.5, 0.6) is 0 Å². The summed E-state index contributed by atoms with van der Waals surface area (Å²) >= 11 is 0. The van der Waals surface area contributed by atoms with E-state index in [-0.39, 0.29) is 18.1 Å². The van der Waals surface area contributed by atoms with Gasteiger partial charge in [0.1, 0.15) is 5.82 Å². The minimum absolute atomic E-state index is 0.00883. The van der Waals surface area contributed by atoms with E-state index in [4.69, 9.17) is 10.7 Å². The molecule has 0 bridgehead atoms. The number of hydrogen-bond donors (Lipinski definition) is 1. The topological polar surface area (TPSA) is 117 Å². The van der Waals surface area contributed by atoms with Gasteiger partial charge in [-0.25, -0.2) is 14.8 Å². The zero-order valence-corrected chi connectivity index (χ0v) is 18.2. The highest BCUT2D eigenvalue weighted by atomic mass is 16.2. The van der Waals surface area contributed by atoms with Crippen molar-refractivity contribution in [1.82, 2.24) is 28.7 Å². The van der Waals surface area contributed by atoms with E-state index in [2.05, 4.69) is 14.9 Å². The maximum atomic E-state index is 13.5. The lowest BCUT2D eigenvalue weighted by atomic mass is 10.1. The Morgan fingerprint density at radius 3 is 2.75 bits per heavy atom. The summed E-state index contributed by atoms with van der Waals surface area (Å²) in [7, 11) is 1.64. The molecule has 10 nitrogen and oxygen atoms in total. The van der Waals surface area contributed by atoms with Crippen molar-refractivity contribution < 1.29 is 0 Å². The van der Waals surface area contributed by atoms with Gasteiger partial charge in [-0.05, 0) is 25.8 Å². The SMILES string of the molecule is CCn1c(N2CCC[C@@H](N)C2)nc2c1c(=O)n(Cc1ncc3ccccc3n1)c(=O)n2C. The molecule has 0 spiro atoms. The molecular formula is C22H26N8O2. The van der Waals surface area contributed by atoms with Crippen molar-refractivity contribution in [3.8, 4) is 0 Å². The van der Waals surface area contributed by atoms with Crippen LogP contribution >= 0.6 is 0 Å². The van der Waals surface area contributed by atoms with Gasteiger partial charge in [-0.15, -0.1) is 0 Å². The monoisotopic (exact) mass is 434 g/mol. The number of aryl methyl sites for hydroxylation is 2. The van der Waals surface area contributed by atoms with Gasteiger partial charge in [-0.1, -0.05) is 18.2 Å². The number of rotatable bonds is 4. The average Bonchev–Trinajstić information content (AvgIpc) is 3.20. The minimum Gasteiger partial charge on any atom is -0.341 e. The number of imidazole rings is 1. The van der Waals surface area contributed by atoms with Crippen molar-refractivity contribution >= 4 is 28.0 Å². The van der Waals surface area contributed by atoms with Gasteiger partial charge in [0.2, 0.25) is 5.95 Å². The highest BCUT2D eigenvalue weighted by molar-refractivity contribution is 5.77. The van der Waals surface area contributed by atoms with Crippen molar-refractivity contribution in [3.05, 3.63) is 57.1 Å². The largest absolute Gasteiger partial charge is 0.341 e. The van der Waals surface area contributed by atoms with Crippen molar-refractivity contribution in [3.63, 3.8) is 0 Å². The van der Waals surface area contributed by atoms with Crippen molar-refractivity contribution in [2.24, 2.45) is 12.8 Å². The molecule has 3 aromatic heterocycles. The van der Waals surface area contributed by atoms with E-state index in [1.807, 2.05) is 35.8 Å². The smallest absolute Gasteiger partial charge is 0.332 e. The molecule has 32 heavy (non-hydrogen) atoms. The number of nitrogens with two attached hydrogens (primary N) is 1. The first-order chi connectivity index (χ1) is 15.5. The first-order valence-corrected chi connectivity index (χ1v) is 10.9. The summed E-state index contributed by atoms with van der Waals surface area (Å²) in [5.74, 6) is 1.09. The van der Waals surface area contributed by atoms with Crippen LogP contribution in [0, 0.1) is 0 Å². The predicted octanol–water partition coefficient (Wildman–Crippen LogP) is 0.836. The average molecular weight is 435 g/mol. The van der Waals surface area contributed by atoms with Crippen molar-refractivity contribution in [2.75, 3.05) is 18.0 Å². The van der Waals surface area contributed by atoms with Crippen LogP contribution < -0.4 is 21.9 Å². The highest BCUT2D eigenvalue weighted by Crippen LogP contribution is 2.22. The standard InChI is InChI=1S/C22H26N8O2/c1-3-29-18-19(26-21(29)28-10-6-8-15(23)12-28)27(2)22(32)30(20(18)31)13-17-24-11-14-7-4-5-9-16(14)25-17/h4-5,7,9,11,15H,3,6,8,10,12-13,23H2,1-2H3/t15-/m1/s1. The molecule has 1 atom stereocenters. The Hall–Kier alpha value is -3.53. The molecule has 1 fully saturated rings. The van der Waals surface area contributed by atoms with E-state index >= 15 is 0 Å². The molecule has 0 unspecified atom stereocenters. The molecule has 0 aliphatic carbocycles. The lowest BCUT2D eigenvalue weighted by Crippen LogP contribution is -2.44. The fourth-order valence-electron chi connectivity index (χ4n) is 4.46. The fraction of sp³-hybridized carbons (Fsp3) is 0.409. The predicted molar refractivity (Wildman–Crippen MR) is 123 cm³/mol. The number of benzene rings is 1. The normalized spacial score (nSPS) is 16.8. The summed E-state index contributed by atoms with van der Waals surface area (Å²) in [4.78, 5) is 42.3. The molecule has 1 aromatic carbocycles. The van der Waals surface area contributed by atoms with Gasteiger partial charge in [0.05, 0.1) is 12.1 Å². The molecule has 10 heteroatoms. The number of piperidine rings is 1. The zero-order chi connectivity index (χ0) is 22.4. The Bertz CT molecular complexity index is 1430. The molecular weight excluding hydrogens is 408 g/mol. The number of nitrogens with zero attached hydrogens (tertiary/aromatic N) is 7. The number of anilines is 1. The van der Waals surface area contributed by atoms with Gasteiger partial charge in [0, 0.05) is 44.3 Å². The molecule has 4 heterocycles. The van der Waals surface area contributed by atoms with Gasteiger partial charge < -0.3 is 15.2 Å². The molecule has 1 saturated heterocycles. The molecule has 2 N–H and O–H groups in total. The van der Waals surface area contributed by atoms with Crippen LogP contribution in [0.2, 0.25) is 0 Å². The first-order valence-electron chi connectivity index (χ1n) is 10.9. The number of fused-ring (bicyclic) bond motifs is 2. The summed E-state index contributed by atoms with van der Waals surface area (Å²) in [6.45, 7) is 4.01.